The number of nitrogens with zero attached hydrogens (tertiary/aromatic N) is 1. The SMILES string of the molecule is CC(C)[C@@H]1C2C[C@H](O)CC[C@]2(C)C2CC[C@@]3(C)C(CC[C@@H]3[C@H](C)CCOP3(=O)OCC[C@@H](c4ccncc4)O3)C2[C@@H]1O. The van der Waals surface area contributed by atoms with Crippen LogP contribution in [0.5, 0.6) is 0 Å². The molecule has 13 atom stereocenters. The molecule has 2 N–H and O–H groups in total. The minimum atomic E-state index is -3.61. The first-order chi connectivity index (χ1) is 20.0. The molecule has 5 unspecified atom stereocenters. The number of aliphatic hydroxyl groups excluding tert-OH is 2. The molecule has 1 aromatic rings. The number of pyridine rings is 1. The summed E-state index contributed by atoms with van der Waals surface area (Å²) in [6.45, 7) is 12.6. The average Bonchev–Trinajstić information content (AvgIpc) is 3.31. The van der Waals surface area contributed by atoms with Crippen molar-refractivity contribution in [2.75, 3.05) is 13.2 Å². The van der Waals surface area contributed by atoms with Gasteiger partial charge in [-0.1, -0.05) is 34.6 Å². The van der Waals surface area contributed by atoms with Crippen molar-refractivity contribution in [3.63, 3.8) is 0 Å². The van der Waals surface area contributed by atoms with Crippen molar-refractivity contribution < 1.29 is 28.3 Å². The Bertz CT molecular complexity index is 1130. The summed E-state index contributed by atoms with van der Waals surface area (Å²) in [4.78, 5) is 4.07. The highest BCUT2D eigenvalue weighted by atomic mass is 31.2. The van der Waals surface area contributed by atoms with E-state index in [1.807, 2.05) is 12.1 Å². The first-order valence-electron chi connectivity index (χ1n) is 16.8. The Labute approximate surface area is 253 Å². The molecule has 1 saturated heterocycles. The lowest BCUT2D eigenvalue weighted by Crippen LogP contribution is -2.63. The van der Waals surface area contributed by atoms with Gasteiger partial charge in [0.1, 0.15) is 0 Å². The Balaban J connectivity index is 1.12. The number of phosphoric ester groups is 1. The van der Waals surface area contributed by atoms with Crippen LogP contribution >= 0.6 is 7.82 Å². The van der Waals surface area contributed by atoms with Crippen LogP contribution in [0.3, 0.4) is 0 Å². The second kappa shape index (κ2) is 11.8. The fourth-order valence-electron chi connectivity index (χ4n) is 11.1. The minimum absolute atomic E-state index is 0.190. The van der Waals surface area contributed by atoms with Gasteiger partial charge >= 0.3 is 7.82 Å². The quantitative estimate of drug-likeness (QED) is 0.310. The molecule has 0 aromatic carbocycles. The summed E-state index contributed by atoms with van der Waals surface area (Å²) in [5.74, 6) is 3.42. The first kappa shape index (κ1) is 31.2. The molecular weight excluding hydrogens is 549 g/mol. The van der Waals surface area contributed by atoms with E-state index in [9.17, 15) is 14.8 Å². The lowest BCUT2D eigenvalue weighted by atomic mass is 9.40. The summed E-state index contributed by atoms with van der Waals surface area (Å²) in [5, 5.41) is 22.8. The van der Waals surface area contributed by atoms with Gasteiger partial charge in [0, 0.05) is 18.8 Å². The second-order valence-corrected chi connectivity index (χ2v) is 17.0. The molecule has 0 spiro atoms. The predicted molar refractivity (Wildman–Crippen MR) is 162 cm³/mol. The Morgan fingerprint density at radius 1 is 1.00 bits per heavy atom. The van der Waals surface area contributed by atoms with Crippen molar-refractivity contribution in [1.82, 2.24) is 4.98 Å². The van der Waals surface area contributed by atoms with E-state index in [4.69, 9.17) is 13.6 Å². The molecule has 0 radical (unpaired) electrons. The van der Waals surface area contributed by atoms with Crippen molar-refractivity contribution in [1.29, 1.82) is 0 Å². The summed E-state index contributed by atoms with van der Waals surface area (Å²) < 4.78 is 30.6. The van der Waals surface area contributed by atoms with Gasteiger partial charge in [-0.05, 0) is 127 Å². The Kier molecular flexibility index (Phi) is 8.79. The van der Waals surface area contributed by atoms with Crippen molar-refractivity contribution >= 4 is 7.82 Å². The molecule has 0 amide bonds. The lowest BCUT2D eigenvalue weighted by Gasteiger charge is -2.65. The predicted octanol–water partition coefficient (Wildman–Crippen LogP) is 7.58. The average molecular weight is 604 g/mol. The number of fused-ring (bicyclic) bond motifs is 5. The summed E-state index contributed by atoms with van der Waals surface area (Å²) in [5.41, 5.74) is 1.34. The van der Waals surface area contributed by atoms with E-state index < -0.39 is 7.82 Å². The zero-order valence-electron chi connectivity index (χ0n) is 26.4. The van der Waals surface area contributed by atoms with E-state index in [1.165, 1.54) is 25.7 Å². The minimum Gasteiger partial charge on any atom is -0.393 e. The normalized spacial score (nSPS) is 47.9. The Morgan fingerprint density at radius 2 is 1.71 bits per heavy atom. The highest BCUT2D eigenvalue weighted by molar-refractivity contribution is 7.48. The van der Waals surface area contributed by atoms with E-state index in [0.717, 1.165) is 31.2 Å². The fourth-order valence-corrected chi connectivity index (χ4v) is 12.5. The van der Waals surface area contributed by atoms with Crippen molar-refractivity contribution in [3.05, 3.63) is 30.1 Å². The maximum Gasteiger partial charge on any atom is 0.475 e. The monoisotopic (exact) mass is 603 g/mol. The molecule has 0 bridgehead atoms. The maximum atomic E-state index is 13.3. The summed E-state index contributed by atoms with van der Waals surface area (Å²) in [6, 6.07) is 3.78. The molecule has 236 valence electrons. The molecular formula is C34H54NO6P. The lowest BCUT2D eigenvalue weighted by molar-refractivity contribution is -0.211. The van der Waals surface area contributed by atoms with Crippen LogP contribution in [0.4, 0.5) is 0 Å². The first-order valence-corrected chi connectivity index (χ1v) is 18.3. The second-order valence-electron chi connectivity index (χ2n) is 15.4. The molecule has 6 rings (SSSR count). The van der Waals surface area contributed by atoms with Crippen molar-refractivity contribution in [2.24, 2.45) is 58.2 Å². The summed E-state index contributed by atoms with van der Waals surface area (Å²) >= 11 is 0. The molecule has 7 nitrogen and oxygen atoms in total. The number of hydrogen-bond acceptors (Lipinski definition) is 7. The van der Waals surface area contributed by atoms with Crippen LogP contribution in [0, 0.1) is 58.2 Å². The molecule has 5 fully saturated rings. The van der Waals surface area contributed by atoms with Crippen LogP contribution in [-0.2, 0) is 18.1 Å². The topological polar surface area (TPSA) is 98.1 Å². The van der Waals surface area contributed by atoms with E-state index in [0.29, 0.717) is 61.1 Å². The molecule has 8 heteroatoms. The Hall–Kier alpha value is -0.820. The van der Waals surface area contributed by atoms with Crippen LogP contribution in [0.25, 0.3) is 0 Å². The smallest absolute Gasteiger partial charge is 0.393 e. The van der Waals surface area contributed by atoms with E-state index >= 15 is 0 Å². The molecule has 5 aliphatic rings. The van der Waals surface area contributed by atoms with Gasteiger partial charge in [0.2, 0.25) is 0 Å². The highest BCUT2D eigenvalue weighted by Gasteiger charge is 2.65. The third kappa shape index (κ3) is 5.36. The van der Waals surface area contributed by atoms with Gasteiger partial charge in [0.25, 0.3) is 0 Å². The van der Waals surface area contributed by atoms with Crippen molar-refractivity contribution in [3.8, 4) is 0 Å². The van der Waals surface area contributed by atoms with Gasteiger partial charge in [-0.15, -0.1) is 0 Å². The van der Waals surface area contributed by atoms with Crippen LogP contribution < -0.4 is 0 Å². The van der Waals surface area contributed by atoms with Gasteiger partial charge in [-0.3, -0.25) is 18.6 Å². The molecule has 4 aliphatic carbocycles. The number of rotatable bonds is 7. The van der Waals surface area contributed by atoms with E-state index in [2.05, 4.69) is 39.6 Å². The molecule has 2 heterocycles. The number of aromatic nitrogens is 1. The number of hydrogen-bond donors (Lipinski definition) is 2. The third-order valence-corrected chi connectivity index (χ3v) is 14.6. The third-order valence-electron chi connectivity index (χ3n) is 13.1. The summed E-state index contributed by atoms with van der Waals surface area (Å²) in [7, 11) is -3.61. The van der Waals surface area contributed by atoms with E-state index in [-0.39, 0.29) is 35.1 Å². The van der Waals surface area contributed by atoms with Gasteiger partial charge in [0.15, 0.2) is 0 Å². The molecule has 4 saturated carbocycles. The van der Waals surface area contributed by atoms with Gasteiger partial charge < -0.3 is 10.2 Å². The number of phosphoric acid groups is 1. The zero-order valence-corrected chi connectivity index (χ0v) is 27.3. The standard InChI is InChI=1S/C34H54NO6P/c1-21(2)30-28-20-24(36)8-14-34(28,5)27-9-15-33(4)25(6-7-26(33)31(27)32(30)37)22(3)12-18-39-42(38)40-19-13-29(41-42)23-10-16-35-17-11-23/h10-11,16-17,21-22,24-32,36-37H,6-9,12-15,18-20H2,1-5H3/t22-,24-,25-,26?,27?,28?,29+,30-,31?,32-,33-,34-,42?/m1/s1. The van der Waals surface area contributed by atoms with Gasteiger partial charge in [0.05, 0.1) is 31.5 Å². The zero-order chi connectivity index (χ0) is 29.9. The van der Waals surface area contributed by atoms with E-state index in [1.54, 1.807) is 12.4 Å². The van der Waals surface area contributed by atoms with Crippen LogP contribution in [0.2, 0.25) is 0 Å². The number of aliphatic hydroxyl groups is 2. The van der Waals surface area contributed by atoms with Crippen LogP contribution in [-0.4, -0.2) is 40.6 Å². The molecule has 1 aliphatic heterocycles. The Morgan fingerprint density at radius 3 is 2.45 bits per heavy atom. The van der Waals surface area contributed by atoms with Crippen LogP contribution in [0.15, 0.2) is 24.5 Å². The molecule has 1 aromatic heterocycles. The van der Waals surface area contributed by atoms with Crippen LogP contribution in [0.1, 0.15) is 104 Å². The highest BCUT2D eigenvalue weighted by Crippen LogP contribution is 2.70. The van der Waals surface area contributed by atoms with Crippen molar-refractivity contribution in [2.45, 2.75) is 111 Å². The van der Waals surface area contributed by atoms with Gasteiger partial charge in [-0.25, -0.2) is 4.57 Å². The fraction of sp³-hybridized carbons (Fsp3) is 0.853. The largest absolute Gasteiger partial charge is 0.475 e. The summed E-state index contributed by atoms with van der Waals surface area (Å²) in [6.07, 6.45) is 11.7. The molecule has 42 heavy (non-hydrogen) atoms. The van der Waals surface area contributed by atoms with Gasteiger partial charge in [-0.2, -0.15) is 0 Å². The maximum absolute atomic E-state index is 13.3.